The SMILES string of the molecule is Cc1cccc2c1N(CC(=O)N1CC3CCC(CC3)C1)C(=O)C(NC(=O)OCc1ccccc1)N=C2CN(C)C. The predicted molar refractivity (Wildman–Crippen MR) is 154 cm³/mol. The van der Waals surface area contributed by atoms with Crippen LogP contribution in [0.5, 0.6) is 0 Å². The molecule has 1 atom stereocenters. The van der Waals surface area contributed by atoms with Gasteiger partial charge in [-0.2, -0.15) is 0 Å². The number of para-hydroxylation sites is 1. The first-order valence-electron chi connectivity index (χ1n) is 14.2. The van der Waals surface area contributed by atoms with Gasteiger partial charge in [0.15, 0.2) is 0 Å². The minimum Gasteiger partial charge on any atom is -0.445 e. The number of hydrogen-bond donors (Lipinski definition) is 1. The maximum atomic E-state index is 14.1. The van der Waals surface area contributed by atoms with Crippen LogP contribution >= 0.6 is 0 Å². The van der Waals surface area contributed by atoms with Crippen LogP contribution in [0.2, 0.25) is 0 Å². The van der Waals surface area contributed by atoms with Crippen molar-refractivity contribution in [2.24, 2.45) is 16.8 Å². The number of nitrogens with zero attached hydrogens (tertiary/aromatic N) is 4. The van der Waals surface area contributed by atoms with Gasteiger partial charge in [-0.1, -0.05) is 48.5 Å². The van der Waals surface area contributed by atoms with Crippen LogP contribution in [0.1, 0.15) is 42.4 Å². The molecule has 1 saturated carbocycles. The van der Waals surface area contributed by atoms with E-state index in [2.05, 4.69) is 5.32 Å². The van der Waals surface area contributed by atoms with Crippen molar-refractivity contribution in [3.05, 3.63) is 65.2 Å². The van der Waals surface area contributed by atoms with E-state index in [1.54, 1.807) is 0 Å². The van der Waals surface area contributed by atoms with Crippen LogP contribution in [0, 0.1) is 18.8 Å². The van der Waals surface area contributed by atoms with E-state index in [4.69, 9.17) is 9.73 Å². The molecule has 40 heavy (non-hydrogen) atoms. The molecule has 3 amide bonds. The number of alkyl carbamates (subject to hydrolysis) is 1. The molecule has 6 rings (SSSR count). The molecular weight excluding hydrogens is 506 g/mol. The third-order valence-corrected chi connectivity index (χ3v) is 8.11. The summed E-state index contributed by atoms with van der Waals surface area (Å²) in [6.45, 7) is 3.85. The van der Waals surface area contributed by atoms with Crippen molar-refractivity contribution in [3.63, 3.8) is 0 Å². The average molecular weight is 546 g/mol. The molecule has 3 heterocycles. The second-order valence-electron chi connectivity index (χ2n) is 11.5. The van der Waals surface area contributed by atoms with Crippen LogP contribution in [0.25, 0.3) is 0 Å². The van der Waals surface area contributed by atoms with Crippen LogP contribution in [-0.2, 0) is 20.9 Å². The van der Waals surface area contributed by atoms with Gasteiger partial charge in [-0.05, 0) is 69.7 Å². The molecule has 3 aliphatic heterocycles. The predicted octanol–water partition coefficient (Wildman–Crippen LogP) is 3.59. The highest BCUT2D eigenvalue weighted by molar-refractivity contribution is 6.15. The fraction of sp³-hybridized carbons (Fsp3) is 0.484. The van der Waals surface area contributed by atoms with Crippen LogP contribution in [0.15, 0.2) is 53.5 Å². The second kappa shape index (κ2) is 12.2. The molecule has 2 saturated heterocycles. The summed E-state index contributed by atoms with van der Waals surface area (Å²) >= 11 is 0. The van der Waals surface area contributed by atoms with E-state index < -0.39 is 18.2 Å². The molecule has 2 bridgehead atoms. The summed E-state index contributed by atoms with van der Waals surface area (Å²) in [6, 6.07) is 15.1. The Labute approximate surface area is 236 Å². The zero-order valence-corrected chi connectivity index (χ0v) is 23.6. The van der Waals surface area contributed by atoms with Gasteiger partial charge >= 0.3 is 6.09 Å². The van der Waals surface area contributed by atoms with Crippen molar-refractivity contribution in [2.45, 2.75) is 45.4 Å². The van der Waals surface area contributed by atoms with E-state index in [1.165, 1.54) is 4.90 Å². The smallest absolute Gasteiger partial charge is 0.409 e. The third-order valence-electron chi connectivity index (χ3n) is 8.11. The number of carbonyl (C=O) groups is 3. The van der Waals surface area contributed by atoms with Gasteiger partial charge in [-0.25, -0.2) is 4.79 Å². The maximum Gasteiger partial charge on any atom is 0.409 e. The lowest BCUT2D eigenvalue weighted by Crippen LogP contribution is -2.51. The molecule has 2 aromatic carbocycles. The third kappa shape index (κ3) is 6.36. The summed E-state index contributed by atoms with van der Waals surface area (Å²) < 4.78 is 5.42. The van der Waals surface area contributed by atoms with Gasteiger partial charge in [-0.15, -0.1) is 0 Å². The van der Waals surface area contributed by atoms with Crippen molar-refractivity contribution < 1.29 is 19.1 Å². The molecule has 1 N–H and O–H groups in total. The molecule has 0 radical (unpaired) electrons. The molecule has 1 aliphatic carbocycles. The number of likely N-dealkylation sites (N-methyl/N-ethyl adjacent to an activating group) is 1. The second-order valence-corrected chi connectivity index (χ2v) is 11.5. The van der Waals surface area contributed by atoms with E-state index in [0.29, 0.717) is 29.8 Å². The summed E-state index contributed by atoms with van der Waals surface area (Å²) in [4.78, 5) is 50.9. The van der Waals surface area contributed by atoms with Crippen LogP contribution in [0.4, 0.5) is 10.5 Å². The Morgan fingerprint density at radius 2 is 1.68 bits per heavy atom. The fourth-order valence-electron chi connectivity index (χ4n) is 6.07. The highest BCUT2D eigenvalue weighted by Crippen LogP contribution is 2.35. The summed E-state index contributed by atoms with van der Waals surface area (Å²) in [5.74, 6) is 0.538. The molecule has 2 aromatic rings. The Morgan fingerprint density at radius 1 is 1.00 bits per heavy atom. The lowest BCUT2D eigenvalue weighted by Gasteiger charge is -2.30. The summed E-state index contributed by atoms with van der Waals surface area (Å²) in [6.07, 6.45) is 2.69. The van der Waals surface area contributed by atoms with E-state index in [1.807, 2.05) is 79.3 Å². The summed E-state index contributed by atoms with van der Waals surface area (Å²) in [7, 11) is 3.85. The minimum absolute atomic E-state index is 0.0668. The molecule has 0 aromatic heterocycles. The van der Waals surface area contributed by atoms with Gasteiger partial charge in [0, 0.05) is 25.2 Å². The standard InChI is InChI=1S/C31H39N5O4/c1-21-8-7-11-25-26(18-34(2)3)32-29(33-31(39)40-20-24-9-5-4-6-10-24)30(38)36(28(21)25)19-27(37)35-16-22-12-13-23(17-35)15-14-22/h4-11,22-23,29H,12-20H2,1-3H3,(H,33,39). The number of ether oxygens (including phenoxy) is 1. The molecule has 4 aliphatic rings. The first-order chi connectivity index (χ1) is 19.3. The molecule has 0 spiro atoms. The van der Waals surface area contributed by atoms with Crippen molar-refractivity contribution in [3.8, 4) is 0 Å². The number of benzene rings is 2. The average Bonchev–Trinajstić information content (AvgIpc) is 3.32. The molecule has 9 heteroatoms. The van der Waals surface area contributed by atoms with Gasteiger partial charge < -0.3 is 14.5 Å². The van der Waals surface area contributed by atoms with Gasteiger partial charge in [0.1, 0.15) is 13.2 Å². The number of hydrogen-bond acceptors (Lipinski definition) is 6. The topological polar surface area (TPSA) is 94.5 Å². The lowest BCUT2D eigenvalue weighted by molar-refractivity contribution is -0.132. The zero-order valence-electron chi connectivity index (χ0n) is 23.6. The van der Waals surface area contributed by atoms with Gasteiger partial charge in [-0.3, -0.25) is 24.8 Å². The van der Waals surface area contributed by atoms with Crippen molar-refractivity contribution in [1.82, 2.24) is 15.1 Å². The van der Waals surface area contributed by atoms with Crippen LogP contribution in [0.3, 0.4) is 0 Å². The number of carbonyl (C=O) groups excluding carboxylic acids is 3. The van der Waals surface area contributed by atoms with Crippen LogP contribution < -0.4 is 10.2 Å². The monoisotopic (exact) mass is 545 g/mol. The normalized spacial score (nSPS) is 22.4. The van der Waals surface area contributed by atoms with Crippen molar-refractivity contribution in [1.29, 1.82) is 0 Å². The largest absolute Gasteiger partial charge is 0.445 e. The Balaban J connectivity index is 1.42. The summed E-state index contributed by atoms with van der Waals surface area (Å²) in [5, 5.41) is 2.67. The summed E-state index contributed by atoms with van der Waals surface area (Å²) in [5.41, 5.74) is 3.82. The molecule has 1 unspecified atom stereocenters. The highest BCUT2D eigenvalue weighted by atomic mass is 16.5. The van der Waals surface area contributed by atoms with Crippen LogP contribution in [-0.4, -0.2) is 79.9 Å². The number of aryl methyl sites for hydroxylation is 1. The number of amides is 3. The van der Waals surface area contributed by atoms with E-state index >= 15 is 0 Å². The van der Waals surface area contributed by atoms with E-state index in [0.717, 1.165) is 55.5 Å². The maximum absolute atomic E-state index is 14.1. The Morgan fingerprint density at radius 3 is 2.33 bits per heavy atom. The highest BCUT2D eigenvalue weighted by Gasteiger charge is 2.37. The molecular formula is C31H39N5O4. The lowest BCUT2D eigenvalue weighted by atomic mass is 9.84. The molecule has 9 nitrogen and oxygen atoms in total. The van der Waals surface area contributed by atoms with Gasteiger partial charge in [0.2, 0.25) is 12.1 Å². The van der Waals surface area contributed by atoms with Gasteiger partial charge in [0.05, 0.1) is 11.4 Å². The Bertz CT molecular complexity index is 1260. The van der Waals surface area contributed by atoms with E-state index in [9.17, 15) is 14.4 Å². The fourth-order valence-corrected chi connectivity index (χ4v) is 6.07. The Hall–Kier alpha value is -3.72. The van der Waals surface area contributed by atoms with Crippen molar-refractivity contribution >= 4 is 29.3 Å². The zero-order chi connectivity index (χ0) is 28.2. The number of anilines is 1. The number of rotatable bonds is 7. The van der Waals surface area contributed by atoms with Gasteiger partial charge in [0.25, 0.3) is 5.91 Å². The molecule has 212 valence electrons. The van der Waals surface area contributed by atoms with E-state index in [-0.39, 0.29) is 19.1 Å². The first-order valence-corrected chi connectivity index (χ1v) is 14.2. The number of fused-ring (bicyclic) bond motifs is 5. The quantitative estimate of drug-likeness (QED) is 0.574. The Kier molecular flexibility index (Phi) is 8.49. The van der Waals surface area contributed by atoms with Crippen molar-refractivity contribution in [2.75, 3.05) is 45.2 Å². The number of aliphatic imine (C=N–C) groups is 1. The molecule has 3 fully saturated rings. The number of benzodiazepines with no additional fused rings is 1. The minimum atomic E-state index is -1.22. The number of nitrogens with one attached hydrogen (secondary N) is 1. The first kappa shape index (κ1) is 27.8.